The van der Waals surface area contributed by atoms with E-state index in [0.29, 0.717) is 11.7 Å². The minimum atomic E-state index is -4.54. The van der Waals surface area contributed by atoms with Crippen molar-refractivity contribution in [1.29, 1.82) is 0 Å². The molecule has 1 heterocycles. The number of alkyl halides is 3. The fourth-order valence-electron chi connectivity index (χ4n) is 3.87. The van der Waals surface area contributed by atoms with Gasteiger partial charge in [-0.1, -0.05) is 43.4 Å². The molecule has 1 fully saturated rings. The first-order valence-corrected chi connectivity index (χ1v) is 9.43. The van der Waals surface area contributed by atoms with Gasteiger partial charge in [0.1, 0.15) is 5.75 Å². The summed E-state index contributed by atoms with van der Waals surface area (Å²) in [5, 5.41) is 0.921. The molecule has 0 saturated heterocycles. The van der Waals surface area contributed by atoms with E-state index in [1.807, 2.05) is 12.3 Å². The van der Waals surface area contributed by atoms with Crippen LogP contribution in [0.25, 0.3) is 10.9 Å². The quantitative estimate of drug-likeness (QED) is 0.492. The average Bonchev–Trinajstić information content (AvgIpc) is 3.26. The lowest BCUT2D eigenvalue weighted by molar-refractivity contribution is -0.138. The van der Waals surface area contributed by atoms with Crippen molar-refractivity contribution in [2.45, 2.75) is 38.3 Å². The highest BCUT2D eigenvalue weighted by Crippen LogP contribution is 2.42. The first kappa shape index (κ1) is 18.2. The van der Waals surface area contributed by atoms with Crippen LogP contribution in [0.2, 0.25) is 5.02 Å². The summed E-state index contributed by atoms with van der Waals surface area (Å²) in [7, 11) is 0. The summed E-state index contributed by atoms with van der Waals surface area (Å²) >= 11 is 6.00. The van der Waals surface area contributed by atoms with Gasteiger partial charge < -0.3 is 9.72 Å². The number of ether oxygens (including phenoxy) is 1. The normalized spacial score (nSPS) is 15.6. The van der Waals surface area contributed by atoms with Gasteiger partial charge in [0, 0.05) is 17.1 Å². The number of benzene rings is 2. The highest BCUT2D eigenvalue weighted by molar-refractivity contribution is 6.32. The predicted octanol–water partition coefficient (Wildman–Crippen LogP) is 7.37. The summed E-state index contributed by atoms with van der Waals surface area (Å²) in [5.74, 6) is 0.654. The molecule has 1 aromatic heterocycles. The van der Waals surface area contributed by atoms with E-state index in [4.69, 9.17) is 16.3 Å². The standard InChI is InChI=1S/C21H19ClF3NO/c22-18-7-3-6-17(21(23,24)25)20(18)27-15-8-9-19-16(11-15)14(12-26-19)10-13-4-1-2-5-13/h3,6-9,11-13,26H,1-2,4-5,10H2. The fourth-order valence-corrected chi connectivity index (χ4v) is 4.08. The molecule has 27 heavy (non-hydrogen) atoms. The molecule has 2 nitrogen and oxygen atoms in total. The van der Waals surface area contributed by atoms with Gasteiger partial charge in [-0.05, 0) is 48.2 Å². The first-order valence-electron chi connectivity index (χ1n) is 9.05. The second kappa shape index (κ2) is 7.12. The maximum Gasteiger partial charge on any atom is 0.420 e. The zero-order valence-corrected chi connectivity index (χ0v) is 15.3. The average molecular weight is 394 g/mol. The Bertz CT molecular complexity index is 958. The smallest absolute Gasteiger partial charge is 0.420 e. The molecule has 1 aliphatic rings. The number of para-hydroxylation sites is 1. The zero-order valence-electron chi connectivity index (χ0n) is 14.6. The van der Waals surface area contributed by atoms with Crippen LogP contribution in [0, 0.1) is 5.92 Å². The summed E-state index contributed by atoms with van der Waals surface area (Å²) in [4.78, 5) is 3.24. The molecule has 4 rings (SSSR count). The Hall–Kier alpha value is -2.14. The van der Waals surface area contributed by atoms with Gasteiger partial charge in [0.25, 0.3) is 0 Å². The SMILES string of the molecule is FC(F)(F)c1cccc(Cl)c1Oc1ccc2[nH]cc(CC3CCCC3)c2c1. The van der Waals surface area contributed by atoms with Crippen LogP contribution in [-0.4, -0.2) is 4.98 Å². The molecule has 0 bridgehead atoms. The lowest BCUT2D eigenvalue weighted by Gasteiger charge is -2.15. The molecule has 1 saturated carbocycles. The van der Waals surface area contributed by atoms with Crippen LogP contribution < -0.4 is 4.74 Å². The van der Waals surface area contributed by atoms with E-state index in [1.165, 1.54) is 43.4 Å². The number of fused-ring (bicyclic) bond motifs is 1. The van der Waals surface area contributed by atoms with Crippen molar-refractivity contribution in [3.8, 4) is 11.5 Å². The maximum absolute atomic E-state index is 13.3. The van der Waals surface area contributed by atoms with E-state index in [9.17, 15) is 13.2 Å². The van der Waals surface area contributed by atoms with Crippen LogP contribution in [-0.2, 0) is 12.6 Å². The highest BCUT2D eigenvalue weighted by Gasteiger charge is 2.35. The Morgan fingerprint density at radius 2 is 1.89 bits per heavy atom. The highest BCUT2D eigenvalue weighted by atomic mass is 35.5. The third-order valence-electron chi connectivity index (χ3n) is 5.21. The number of aromatic nitrogens is 1. The Balaban J connectivity index is 1.67. The van der Waals surface area contributed by atoms with Gasteiger partial charge in [-0.15, -0.1) is 0 Å². The monoisotopic (exact) mass is 393 g/mol. The van der Waals surface area contributed by atoms with Gasteiger partial charge in [-0.25, -0.2) is 0 Å². The first-order chi connectivity index (χ1) is 12.9. The van der Waals surface area contributed by atoms with Crippen molar-refractivity contribution in [3.63, 3.8) is 0 Å². The molecule has 142 valence electrons. The molecule has 0 atom stereocenters. The van der Waals surface area contributed by atoms with Crippen molar-refractivity contribution in [2.24, 2.45) is 5.92 Å². The topological polar surface area (TPSA) is 25.0 Å². The van der Waals surface area contributed by atoms with Crippen LogP contribution in [0.5, 0.6) is 11.5 Å². The molecule has 0 unspecified atom stereocenters. The molecule has 0 spiro atoms. The summed E-state index contributed by atoms with van der Waals surface area (Å²) in [6.07, 6.45) is 3.44. The van der Waals surface area contributed by atoms with Crippen LogP contribution in [0.15, 0.2) is 42.6 Å². The molecule has 3 aromatic rings. The van der Waals surface area contributed by atoms with Gasteiger partial charge in [0.15, 0.2) is 5.75 Å². The van der Waals surface area contributed by atoms with E-state index in [-0.39, 0.29) is 10.8 Å². The molecule has 6 heteroatoms. The van der Waals surface area contributed by atoms with E-state index < -0.39 is 11.7 Å². The van der Waals surface area contributed by atoms with E-state index >= 15 is 0 Å². The van der Waals surface area contributed by atoms with Gasteiger partial charge in [-0.3, -0.25) is 0 Å². The summed E-state index contributed by atoms with van der Waals surface area (Å²) in [5.41, 5.74) is 1.25. The van der Waals surface area contributed by atoms with E-state index in [1.54, 1.807) is 12.1 Å². The van der Waals surface area contributed by atoms with Gasteiger partial charge in [-0.2, -0.15) is 13.2 Å². The fraction of sp³-hybridized carbons (Fsp3) is 0.333. The molecule has 1 aliphatic carbocycles. The second-order valence-electron chi connectivity index (χ2n) is 7.09. The third kappa shape index (κ3) is 3.79. The van der Waals surface area contributed by atoms with Crippen LogP contribution in [0.3, 0.4) is 0 Å². The van der Waals surface area contributed by atoms with Crippen LogP contribution in [0.4, 0.5) is 13.2 Å². The van der Waals surface area contributed by atoms with E-state index in [0.717, 1.165) is 23.4 Å². The zero-order chi connectivity index (χ0) is 19.0. The van der Waals surface area contributed by atoms with E-state index in [2.05, 4.69) is 4.98 Å². The molecular formula is C21H19ClF3NO. The van der Waals surface area contributed by atoms with Crippen molar-refractivity contribution in [1.82, 2.24) is 4.98 Å². The number of halogens is 4. The number of hydrogen-bond donors (Lipinski definition) is 1. The van der Waals surface area contributed by atoms with Crippen molar-refractivity contribution in [2.75, 3.05) is 0 Å². The number of nitrogens with one attached hydrogen (secondary N) is 1. The second-order valence-corrected chi connectivity index (χ2v) is 7.50. The Kier molecular flexibility index (Phi) is 4.81. The minimum absolute atomic E-state index is 0.0647. The summed E-state index contributed by atoms with van der Waals surface area (Å²) < 4.78 is 45.5. The van der Waals surface area contributed by atoms with Crippen molar-refractivity contribution >= 4 is 22.5 Å². The van der Waals surface area contributed by atoms with Gasteiger partial charge in [0.2, 0.25) is 0 Å². The predicted molar refractivity (Wildman–Crippen MR) is 100 cm³/mol. The number of rotatable bonds is 4. The summed E-state index contributed by atoms with van der Waals surface area (Å²) in [6, 6.07) is 8.91. The lowest BCUT2D eigenvalue weighted by atomic mass is 9.98. The Labute approximate surface area is 160 Å². The molecule has 2 aromatic carbocycles. The summed E-state index contributed by atoms with van der Waals surface area (Å²) in [6.45, 7) is 0. The molecule has 1 N–H and O–H groups in total. The number of aromatic amines is 1. The van der Waals surface area contributed by atoms with Crippen molar-refractivity contribution in [3.05, 3.63) is 58.7 Å². The molecule has 0 radical (unpaired) electrons. The van der Waals surface area contributed by atoms with Gasteiger partial charge in [0.05, 0.1) is 10.6 Å². The Morgan fingerprint density at radius 3 is 2.63 bits per heavy atom. The maximum atomic E-state index is 13.3. The van der Waals surface area contributed by atoms with Gasteiger partial charge >= 0.3 is 6.18 Å². The largest absolute Gasteiger partial charge is 0.455 e. The molecule has 0 amide bonds. The van der Waals surface area contributed by atoms with Crippen molar-refractivity contribution < 1.29 is 17.9 Å². The molecular weight excluding hydrogens is 375 g/mol. The third-order valence-corrected chi connectivity index (χ3v) is 5.51. The molecule has 0 aliphatic heterocycles. The number of hydrogen-bond acceptors (Lipinski definition) is 1. The van der Waals surface area contributed by atoms with Crippen LogP contribution in [0.1, 0.15) is 36.8 Å². The van der Waals surface area contributed by atoms with Crippen LogP contribution >= 0.6 is 11.6 Å². The lowest BCUT2D eigenvalue weighted by Crippen LogP contribution is -2.07. The minimum Gasteiger partial charge on any atom is -0.455 e. The Morgan fingerprint density at radius 1 is 1.11 bits per heavy atom. The number of H-pyrrole nitrogens is 1.